The lowest BCUT2D eigenvalue weighted by Gasteiger charge is -2.62. The molecular formula is C22H33NO2. The predicted molar refractivity (Wildman–Crippen MR) is 97.5 cm³/mol. The molecule has 0 saturated heterocycles. The molecule has 4 aliphatic rings. The molecule has 25 heavy (non-hydrogen) atoms. The van der Waals surface area contributed by atoms with Gasteiger partial charge in [-0.3, -0.25) is 0 Å². The highest BCUT2D eigenvalue weighted by atomic mass is 16.3. The van der Waals surface area contributed by atoms with Crippen LogP contribution in [0.3, 0.4) is 0 Å². The lowest BCUT2D eigenvalue weighted by atomic mass is 9.44. The summed E-state index contributed by atoms with van der Waals surface area (Å²) in [5, 5.41) is 30.2. The maximum atomic E-state index is 10.6. The molecule has 0 radical (unpaired) electrons. The molecule has 0 amide bonds. The molecule has 4 aliphatic carbocycles. The third kappa shape index (κ3) is 2.44. The number of nitrogens with zero attached hydrogens (tertiary/aromatic N) is 1. The molecular weight excluding hydrogens is 310 g/mol. The van der Waals surface area contributed by atoms with Gasteiger partial charge in [0.2, 0.25) is 0 Å². The Balaban J connectivity index is 1.65. The Morgan fingerprint density at radius 3 is 2.64 bits per heavy atom. The summed E-state index contributed by atoms with van der Waals surface area (Å²) in [6.45, 7) is 4.67. The predicted octanol–water partition coefficient (Wildman–Crippen LogP) is 4.20. The Kier molecular flexibility index (Phi) is 4.09. The zero-order valence-corrected chi connectivity index (χ0v) is 15.8. The first-order valence-electron chi connectivity index (χ1n) is 10.3. The summed E-state index contributed by atoms with van der Waals surface area (Å²) in [6.07, 6.45) is 11.5. The minimum atomic E-state index is -0.546. The standard InChI is InChI=1S/C22H33NO2/c1-20(25)10-11-22(14-24)16(13-20)3-5-17-18-6-4-15(8-12-23)21(18,2)9-7-19(17)22/h8,16-19,24-25H,3-7,9-11,13-14H2,1-2H3. The van der Waals surface area contributed by atoms with Crippen molar-refractivity contribution in [3.8, 4) is 6.07 Å². The number of aliphatic hydroxyl groups is 2. The fourth-order valence-electron chi connectivity index (χ4n) is 7.71. The molecule has 0 heterocycles. The van der Waals surface area contributed by atoms with Gasteiger partial charge in [0.1, 0.15) is 0 Å². The Bertz CT molecular complexity index is 618. The summed E-state index contributed by atoms with van der Waals surface area (Å²) in [6, 6.07) is 2.28. The van der Waals surface area contributed by atoms with Crippen molar-refractivity contribution < 1.29 is 10.2 Å². The van der Waals surface area contributed by atoms with E-state index in [1.807, 2.05) is 13.0 Å². The van der Waals surface area contributed by atoms with Crippen LogP contribution in [0.15, 0.2) is 11.6 Å². The summed E-state index contributed by atoms with van der Waals surface area (Å²) in [5.41, 5.74) is 1.08. The highest BCUT2D eigenvalue weighted by Crippen LogP contribution is 2.67. The zero-order chi connectivity index (χ0) is 17.9. The minimum Gasteiger partial charge on any atom is -0.396 e. The summed E-state index contributed by atoms with van der Waals surface area (Å²) >= 11 is 0. The maximum absolute atomic E-state index is 10.6. The van der Waals surface area contributed by atoms with Crippen LogP contribution in [-0.4, -0.2) is 22.4 Å². The van der Waals surface area contributed by atoms with E-state index < -0.39 is 5.60 Å². The quantitative estimate of drug-likeness (QED) is 0.701. The average Bonchev–Trinajstić information content (AvgIpc) is 2.91. The lowest BCUT2D eigenvalue weighted by molar-refractivity contribution is -0.164. The first-order valence-corrected chi connectivity index (χ1v) is 10.3. The van der Waals surface area contributed by atoms with Crippen molar-refractivity contribution in [3.05, 3.63) is 11.6 Å². The molecule has 7 atom stereocenters. The molecule has 7 unspecified atom stereocenters. The Labute approximate surface area is 152 Å². The summed E-state index contributed by atoms with van der Waals surface area (Å²) in [5.74, 6) is 2.45. The molecule has 0 aromatic carbocycles. The van der Waals surface area contributed by atoms with E-state index in [1.54, 1.807) is 0 Å². The topological polar surface area (TPSA) is 64.2 Å². The van der Waals surface area contributed by atoms with Gasteiger partial charge in [-0.25, -0.2) is 0 Å². The second-order valence-corrected chi connectivity index (χ2v) is 10.0. The van der Waals surface area contributed by atoms with E-state index in [0.717, 1.165) is 38.5 Å². The van der Waals surface area contributed by atoms with Crippen molar-refractivity contribution in [2.24, 2.45) is 34.5 Å². The van der Waals surface area contributed by atoms with E-state index in [9.17, 15) is 10.2 Å². The molecule has 0 bridgehead atoms. The smallest absolute Gasteiger partial charge is 0.0911 e. The molecule has 3 nitrogen and oxygen atoms in total. The van der Waals surface area contributed by atoms with Gasteiger partial charge in [0.25, 0.3) is 0 Å². The largest absolute Gasteiger partial charge is 0.396 e. The first-order chi connectivity index (χ1) is 11.9. The lowest BCUT2D eigenvalue weighted by Crippen LogP contribution is -2.57. The fourth-order valence-corrected chi connectivity index (χ4v) is 7.71. The van der Waals surface area contributed by atoms with Crippen LogP contribution in [-0.2, 0) is 0 Å². The molecule has 3 heteroatoms. The monoisotopic (exact) mass is 343 g/mol. The molecule has 0 spiro atoms. The van der Waals surface area contributed by atoms with Gasteiger partial charge in [0.05, 0.1) is 11.7 Å². The third-order valence-electron chi connectivity index (χ3n) is 9.03. The highest BCUT2D eigenvalue weighted by Gasteiger charge is 2.61. The Morgan fingerprint density at radius 1 is 1.12 bits per heavy atom. The van der Waals surface area contributed by atoms with Crippen molar-refractivity contribution in [2.45, 2.75) is 77.2 Å². The molecule has 4 saturated carbocycles. The van der Waals surface area contributed by atoms with Crippen LogP contribution < -0.4 is 0 Å². The van der Waals surface area contributed by atoms with E-state index in [4.69, 9.17) is 5.26 Å². The van der Waals surface area contributed by atoms with Crippen LogP contribution in [0, 0.1) is 45.8 Å². The average molecular weight is 344 g/mol. The number of aliphatic hydroxyl groups excluding tert-OH is 1. The van der Waals surface area contributed by atoms with Gasteiger partial charge in [0.15, 0.2) is 0 Å². The third-order valence-corrected chi connectivity index (χ3v) is 9.03. The maximum Gasteiger partial charge on any atom is 0.0911 e. The van der Waals surface area contributed by atoms with E-state index in [1.165, 1.54) is 24.8 Å². The minimum absolute atomic E-state index is 0.0359. The number of fused-ring (bicyclic) bond motifs is 5. The fraction of sp³-hybridized carbons (Fsp3) is 0.864. The van der Waals surface area contributed by atoms with Crippen LogP contribution >= 0.6 is 0 Å². The second-order valence-electron chi connectivity index (χ2n) is 10.0. The van der Waals surface area contributed by atoms with Crippen molar-refractivity contribution in [1.29, 1.82) is 5.26 Å². The van der Waals surface area contributed by atoms with Gasteiger partial charge in [-0.1, -0.05) is 12.5 Å². The van der Waals surface area contributed by atoms with Gasteiger partial charge >= 0.3 is 0 Å². The highest BCUT2D eigenvalue weighted by molar-refractivity contribution is 5.28. The van der Waals surface area contributed by atoms with Crippen LogP contribution in [0.2, 0.25) is 0 Å². The van der Waals surface area contributed by atoms with Crippen LogP contribution in [0.4, 0.5) is 0 Å². The summed E-state index contributed by atoms with van der Waals surface area (Å²) < 4.78 is 0. The zero-order valence-electron chi connectivity index (χ0n) is 15.8. The molecule has 0 aromatic rings. The van der Waals surface area contributed by atoms with Gasteiger partial charge < -0.3 is 10.2 Å². The van der Waals surface area contributed by atoms with Crippen LogP contribution in [0.5, 0.6) is 0 Å². The first kappa shape index (κ1) is 17.6. The number of hydrogen-bond donors (Lipinski definition) is 2. The number of rotatable bonds is 1. The van der Waals surface area contributed by atoms with E-state index in [0.29, 0.717) is 30.3 Å². The SMILES string of the molecule is CC1(O)CCC2(CO)C(CCC3C4CCC(=CC#N)C4(C)CCC32)C1. The van der Waals surface area contributed by atoms with Crippen molar-refractivity contribution in [1.82, 2.24) is 0 Å². The number of allylic oxidation sites excluding steroid dienone is 2. The van der Waals surface area contributed by atoms with E-state index in [-0.39, 0.29) is 10.8 Å². The molecule has 0 aromatic heterocycles. The van der Waals surface area contributed by atoms with Crippen LogP contribution in [0.25, 0.3) is 0 Å². The van der Waals surface area contributed by atoms with Gasteiger partial charge in [0, 0.05) is 12.7 Å². The Morgan fingerprint density at radius 2 is 1.92 bits per heavy atom. The molecule has 138 valence electrons. The normalized spacial score (nSPS) is 53.6. The van der Waals surface area contributed by atoms with Gasteiger partial charge in [-0.15, -0.1) is 0 Å². The summed E-state index contributed by atoms with van der Waals surface area (Å²) in [7, 11) is 0. The van der Waals surface area contributed by atoms with Gasteiger partial charge in [-0.05, 0) is 99.2 Å². The summed E-state index contributed by atoms with van der Waals surface area (Å²) in [4.78, 5) is 0. The second kappa shape index (κ2) is 5.83. The van der Waals surface area contributed by atoms with Gasteiger partial charge in [-0.2, -0.15) is 5.26 Å². The number of nitriles is 1. The van der Waals surface area contributed by atoms with Crippen LogP contribution in [0.1, 0.15) is 71.6 Å². The Hall–Kier alpha value is -0.850. The molecule has 4 rings (SSSR count). The molecule has 4 fully saturated rings. The van der Waals surface area contributed by atoms with Crippen molar-refractivity contribution in [2.75, 3.05) is 6.61 Å². The van der Waals surface area contributed by atoms with Crippen molar-refractivity contribution >= 4 is 0 Å². The molecule has 2 N–H and O–H groups in total. The molecule has 0 aliphatic heterocycles. The van der Waals surface area contributed by atoms with E-state index in [2.05, 4.69) is 13.0 Å². The van der Waals surface area contributed by atoms with Crippen molar-refractivity contribution in [3.63, 3.8) is 0 Å². The van der Waals surface area contributed by atoms with E-state index >= 15 is 0 Å². The number of hydrogen-bond acceptors (Lipinski definition) is 3.